The number of pyridine rings is 2. The van der Waals surface area contributed by atoms with Crippen LogP contribution in [0, 0.1) is 22.7 Å². The van der Waals surface area contributed by atoms with E-state index < -0.39 is 11.1 Å². The molecule has 4 rings (SSSR count). The third-order valence-electron chi connectivity index (χ3n) is 5.03. The largest absolute Gasteiger partial charge is 0.296 e. The second-order valence-electron chi connectivity index (χ2n) is 6.86. The molecule has 2 aromatic heterocycles. The van der Waals surface area contributed by atoms with Crippen molar-refractivity contribution in [2.75, 3.05) is 0 Å². The molecule has 0 spiro atoms. The third kappa shape index (κ3) is 3.66. The summed E-state index contributed by atoms with van der Waals surface area (Å²) in [6.07, 6.45) is 3.10. The lowest BCUT2D eigenvalue weighted by molar-refractivity contribution is 0.570. The van der Waals surface area contributed by atoms with Crippen LogP contribution >= 0.6 is 0 Å². The smallest absolute Gasteiger partial charge is 0.270 e. The summed E-state index contributed by atoms with van der Waals surface area (Å²) in [7, 11) is 0. The summed E-state index contributed by atoms with van der Waals surface area (Å²) >= 11 is 0. The van der Waals surface area contributed by atoms with Crippen molar-refractivity contribution >= 4 is 0 Å². The molecule has 2 heterocycles. The summed E-state index contributed by atoms with van der Waals surface area (Å²) in [6.45, 7) is -0.106. The molecule has 0 aliphatic rings. The summed E-state index contributed by atoms with van der Waals surface area (Å²) in [5, 5.41) is 19.2. The minimum absolute atomic E-state index is 0.00293. The van der Waals surface area contributed by atoms with Crippen molar-refractivity contribution in [2.45, 2.75) is 6.67 Å². The van der Waals surface area contributed by atoms with Gasteiger partial charge in [-0.05, 0) is 23.3 Å². The molecule has 0 saturated heterocycles. The van der Waals surface area contributed by atoms with Gasteiger partial charge in [0.15, 0.2) is 0 Å². The van der Waals surface area contributed by atoms with Crippen LogP contribution in [-0.2, 0) is 6.67 Å². The van der Waals surface area contributed by atoms with Crippen LogP contribution in [0.15, 0.2) is 94.8 Å². The normalized spacial score (nSPS) is 10.3. The molecular weight excluding hydrogens is 388 g/mol. The lowest BCUT2D eigenvalue weighted by Crippen LogP contribution is -2.31. The maximum atomic E-state index is 12.9. The van der Waals surface area contributed by atoms with E-state index in [2.05, 4.69) is 0 Å². The van der Waals surface area contributed by atoms with E-state index in [9.17, 15) is 20.1 Å². The van der Waals surface area contributed by atoms with E-state index >= 15 is 0 Å². The molecule has 31 heavy (non-hydrogen) atoms. The van der Waals surface area contributed by atoms with Crippen molar-refractivity contribution in [3.8, 4) is 34.4 Å². The second-order valence-corrected chi connectivity index (χ2v) is 6.86. The van der Waals surface area contributed by atoms with E-state index in [0.29, 0.717) is 11.1 Å². The van der Waals surface area contributed by atoms with E-state index in [1.54, 1.807) is 24.5 Å². The van der Waals surface area contributed by atoms with Crippen molar-refractivity contribution in [1.82, 2.24) is 9.13 Å². The van der Waals surface area contributed by atoms with Gasteiger partial charge in [0.05, 0.1) is 0 Å². The molecule has 2 aromatic carbocycles. The predicted molar refractivity (Wildman–Crippen MR) is 117 cm³/mol. The van der Waals surface area contributed by atoms with Gasteiger partial charge in [-0.25, -0.2) is 0 Å². The zero-order chi connectivity index (χ0) is 21.8. The molecule has 0 saturated carbocycles. The fourth-order valence-electron chi connectivity index (χ4n) is 3.47. The Morgan fingerprint density at radius 2 is 1.00 bits per heavy atom. The number of nitriles is 2. The summed E-state index contributed by atoms with van der Waals surface area (Å²) in [5.41, 5.74) is 1.61. The van der Waals surface area contributed by atoms with Gasteiger partial charge in [0.25, 0.3) is 11.1 Å². The highest BCUT2D eigenvalue weighted by Gasteiger charge is 2.14. The Balaban J connectivity index is 1.77. The quantitative estimate of drug-likeness (QED) is 0.520. The molecule has 148 valence electrons. The summed E-state index contributed by atoms with van der Waals surface area (Å²) in [4.78, 5) is 25.8. The zero-order valence-electron chi connectivity index (χ0n) is 16.4. The van der Waals surface area contributed by atoms with Crippen molar-refractivity contribution in [1.29, 1.82) is 10.5 Å². The van der Waals surface area contributed by atoms with E-state index in [1.165, 1.54) is 9.13 Å². The van der Waals surface area contributed by atoms with Crippen LogP contribution in [0.1, 0.15) is 11.1 Å². The lowest BCUT2D eigenvalue weighted by atomic mass is 10.0. The number of nitrogens with zero attached hydrogens (tertiary/aromatic N) is 4. The number of rotatable bonds is 4. The molecule has 0 aliphatic heterocycles. The molecule has 6 heteroatoms. The van der Waals surface area contributed by atoms with E-state index in [1.807, 2.05) is 72.8 Å². The molecule has 0 N–H and O–H groups in total. The first-order chi connectivity index (χ1) is 15.1. The number of hydrogen-bond acceptors (Lipinski definition) is 4. The monoisotopic (exact) mass is 404 g/mol. The topological polar surface area (TPSA) is 91.6 Å². The van der Waals surface area contributed by atoms with Crippen LogP contribution in [0.5, 0.6) is 0 Å². The predicted octanol–water partition coefficient (Wildman–Crippen LogP) is 3.59. The summed E-state index contributed by atoms with van der Waals surface area (Å²) in [6, 6.07) is 25.7. The van der Waals surface area contributed by atoms with E-state index in [-0.39, 0.29) is 17.8 Å². The van der Waals surface area contributed by atoms with Crippen molar-refractivity contribution in [3.05, 3.63) is 117 Å². The number of benzene rings is 2. The zero-order valence-corrected chi connectivity index (χ0v) is 16.4. The lowest BCUT2D eigenvalue weighted by Gasteiger charge is -2.13. The molecule has 4 aromatic rings. The van der Waals surface area contributed by atoms with Crippen LogP contribution in [0.4, 0.5) is 0 Å². The molecule has 0 radical (unpaired) electrons. The van der Waals surface area contributed by atoms with Gasteiger partial charge in [-0.15, -0.1) is 0 Å². The minimum Gasteiger partial charge on any atom is -0.296 e. The van der Waals surface area contributed by atoms with Crippen molar-refractivity contribution in [3.63, 3.8) is 0 Å². The maximum absolute atomic E-state index is 12.9. The highest BCUT2D eigenvalue weighted by molar-refractivity contribution is 5.70. The SMILES string of the molecule is N#Cc1c(-c2ccccc2)ccn(Cn2ccc(-c3ccccc3)c(C#N)c2=O)c1=O. The standard InChI is InChI=1S/C25H16N4O2/c26-15-22-20(18-7-3-1-4-8-18)11-13-28(24(22)30)17-29-14-12-21(23(16-27)25(29)31)19-9-5-2-6-10-19/h1-14H,17H2. The maximum Gasteiger partial charge on any atom is 0.270 e. The van der Waals surface area contributed by atoms with Crippen molar-refractivity contribution in [2.24, 2.45) is 0 Å². The Morgan fingerprint density at radius 1 is 0.613 bits per heavy atom. The van der Waals surface area contributed by atoms with E-state index in [0.717, 1.165) is 11.1 Å². The molecule has 0 unspecified atom stereocenters. The molecule has 0 bridgehead atoms. The van der Waals surface area contributed by atoms with Crippen LogP contribution < -0.4 is 11.1 Å². The van der Waals surface area contributed by atoms with Gasteiger partial charge in [-0.2, -0.15) is 10.5 Å². The molecule has 0 fully saturated rings. The molecule has 0 atom stereocenters. The van der Waals surface area contributed by atoms with Gasteiger partial charge in [-0.3, -0.25) is 18.7 Å². The highest BCUT2D eigenvalue weighted by Crippen LogP contribution is 2.22. The fraction of sp³-hybridized carbons (Fsp3) is 0.0400. The Morgan fingerprint density at radius 3 is 1.35 bits per heavy atom. The number of hydrogen-bond donors (Lipinski definition) is 0. The molecule has 0 aliphatic carbocycles. The first-order valence-electron chi connectivity index (χ1n) is 9.52. The van der Waals surface area contributed by atoms with Gasteiger partial charge in [0.1, 0.15) is 29.9 Å². The minimum atomic E-state index is -0.499. The molecular formula is C25H16N4O2. The van der Waals surface area contributed by atoms with Crippen LogP contribution in [-0.4, -0.2) is 9.13 Å². The Hall–Kier alpha value is -4.68. The first-order valence-corrected chi connectivity index (χ1v) is 9.52. The molecule has 0 amide bonds. The second kappa shape index (κ2) is 8.36. The van der Waals surface area contributed by atoms with Crippen LogP contribution in [0.3, 0.4) is 0 Å². The van der Waals surface area contributed by atoms with Gasteiger partial charge in [0, 0.05) is 23.5 Å². The molecule has 6 nitrogen and oxygen atoms in total. The van der Waals surface area contributed by atoms with E-state index in [4.69, 9.17) is 0 Å². The average molecular weight is 404 g/mol. The Kier molecular flexibility index (Phi) is 5.29. The Labute approximate surface area is 178 Å². The van der Waals surface area contributed by atoms with Gasteiger partial charge < -0.3 is 0 Å². The van der Waals surface area contributed by atoms with Crippen LogP contribution in [0.25, 0.3) is 22.3 Å². The van der Waals surface area contributed by atoms with Crippen molar-refractivity contribution < 1.29 is 0 Å². The highest BCUT2D eigenvalue weighted by atomic mass is 16.1. The Bertz CT molecular complexity index is 1340. The fourth-order valence-corrected chi connectivity index (χ4v) is 3.47. The third-order valence-corrected chi connectivity index (χ3v) is 5.03. The number of aromatic nitrogens is 2. The summed E-state index contributed by atoms with van der Waals surface area (Å²) in [5.74, 6) is 0. The van der Waals surface area contributed by atoms with Crippen LogP contribution in [0.2, 0.25) is 0 Å². The summed E-state index contributed by atoms with van der Waals surface area (Å²) < 4.78 is 2.57. The first kappa shape index (κ1) is 19.6. The van der Waals surface area contributed by atoms with Gasteiger partial charge >= 0.3 is 0 Å². The van der Waals surface area contributed by atoms with Gasteiger partial charge in [0.2, 0.25) is 0 Å². The average Bonchev–Trinajstić information content (AvgIpc) is 2.82. The van der Waals surface area contributed by atoms with Gasteiger partial charge in [-0.1, -0.05) is 60.7 Å².